The zero-order valence-electron chi connectivity index (χ0n) is 17.5. The van der Waals surface area contributed by atoms with E-state index in [9.17, 15) is 19.2 Å². The Morgan fingerprint density at radius 2 is 0.933 bits per heavy atom. The molecule has 0 saturated heterocycles. The zero-order valence-corrected chi connectivity index (χ0v) is 17.5. The normalized spacial score (nSPS) is 14.5. The molecule has 0 aliphatic heterocycles. The summed E-state index contributed by atoms with van der Waals surface area (Å²) >= 11 is 0. The van der Waals surface area contributed by atoms with Gasteiger partial charge in [-0.2, -0.15) is 0 Å². The average molecular weight is 438 g/mol. The van der Waals surface area contributed by atoms with Crippen molar-refractivity contribution in [2.45, 2.75) is 65.0 Å². The maximum absolute atomic E-state index is 11.6. The summed E-state index contributed by atoms with van der Waals surface area (Å²) < 4.78 is 28.5. The second kappa shape index (κ2) is 15.3. The average Bonchev–Trinajstić information content (AvgIpc) is 2.65. The van der Waals surface area contributed by atoms with Crippen molar-refractivity contribution in [2.24, 2.45) is 0 Å². The molecule has 0 aromatic carbocycles. The summed E-state index contributed by atoms with van der Waals surface area (Å²) in [5.74, 6) is -1.41. The summed E-state index contributed by atoms with van der Waals surface area (Å²) in [5.41, 5.74) is 0. The topological polar surface area (TPSA) is 164 Å². The van der Waals surface area contributed by atoms with Gasteiger partial charge in [0.05, 0.1) is 25.0 Å². The molecule has 2 N–H and O–H groups in total. The monoisotopic (exact) mass is 438 g/mol. The summed E-state index contributed by atoms with van der Waals surface area (Å²) in [7, 11) is 0. The fourth-order valence-electron chi connectivity index (χ4n) is 1.61. The van der Waals surface area contributed by atoms with Crippen molar-refractivity contribution >= 4 is 24.2 Å². The Hall–Kier alpha value is -2.60. The lowest BCUT2D eigenvalue weighted by Gasteiger charge is -2.15. The van der Waals surface area contributed by atoms with Crippen molar-refractivity contribution in [3.8, 4) is 0 Å². The summed E-state index contributed by atoms with van der Waals surface area (Å²) in [5, 5.41) is 18.0. The highest BCUT2D eigenvalue weighted by molar-refractivity contribution is 5.77. The van der Waals surface area contributed by atoms with Crippen LogP contribution in [-0.4, -0.2) is 85.3 Å². The number of carbonyl (C=O) groups excluding carboxylic acids is 4. The minimum absolute atomic E-state index is 0.222. The van der Waals surface area contributed by atoms with E-state index < -0.39 is 48.7 Å². The van der Waals surface area contributed by atoms with Crippen LogP contribution in [0.25, 0.3) is 0 Å². The minimum Gasteiger partial charge on any atom is -0.462 e. The van der Waals surface area contributed by atoms with Crippen LogP contribution in [0, 0.1) is 0 Å². The standard InChI is InChI=1S/C18H30O12/c1-11(19)7-27-17(23)29-13(3)9-25-15(21)5-6-16(22)26-10-14(4)30-18(24)28-8-12(2)20/h11-14,19-20H,5-10H2,1-4H3. The first-order chi connectivity index (χ1) is 14.0. The summed E-state index contributed by atoms with van der Waals surface area (Å²) in [6.07, 6.45) is -5.76. The molecular formula is C18H30O12. The van der Waals surface area contributed by atoms with Crippen molar-refractivity contribution in [3.63, 3.8) is 0 Å². The lowest BCUT2D eigenvalue weighted by Crippen LogP contribution is -2.25. The van der Waals surface area contributed by atoms with Gasteiger partial charge in [0.2, 0.25) is 0 Å². The smallest absolute Gasteiger partial charge is 0.462 e. The lowest BCUT2D eigenvalue weighted by molar-refractivity contribution is -0.153. The number of ether oxygens (including phenoxy) is 6. The molecule has 0 aliphatic carbocycles. The maximum atomic E-state index is 11.6. The molecule has 0 aromatic rings. The van der Waals surface area contributed by atoms with Gasteiger partial charge in [-0.1, -0.05) is 0 Å². The first kappa shape index (κ1) is 27.4. The van der Waals surface area contributed by atoms with E-state index in [0.717, 1.165) is 0 Å². The van der Waals surface area contributed by atoms with Crippen molar-refractivity contribution in [3.05, 3.63) is 0 Å². The Labute approximate surface area is 174 Å². The quantitative estimate of drug-likeness (QED) is 0.306. The molecule has 4 unspecified atom stereocenters. The van der Waals surface area contributed by atoms with Gasteiger partial charge in [-0.15, -0.1) is 0 Å². The van der Waals surface area contributed by atoms with Gasteiger partial charge in [-0.3, -0.25) is 9.59 Å². The Morgan fingerprint density at radius 1 is 0.600 bits per heavy atom. The number of aliphatic hydroxyl groups is 2. The van der Waals surface area contributed by atoms with Crippen molar-refractivity contribution in [1.29, 1.82) is 0 Å². The molecule has 0 radical (unpaired) electrons. The van der Waals surface area contributed by atoms with Crippen LogP contribution in [0.4, 0.5) is 9.59 Å². The van der Waals surface area contributed by atoms with Crippen LogP contribution in [0.5, 0.6) is 0 Å². The van der Waals surface area contributed by atoms with E-state index in [2.05, 4.69) is 9.47 Å². The first-order valence-electron chi connectivity index (χ1n) is 9.33. The van der Waals surface area contributed by atoms with Gasteiger partial charge in [0, 0.05) is 0 Å². The Balaban J connectivity index is 3.91. The SMILES string of the molecule is CC(O)COC(=O)OC(C)COC(=O)CCC(=O)OCC(C)OC(=O)OCC(C)O. The fourth-order valence-corrected chi connectivity index (χ4v) is 1.61. The van der Waals surface area contributed by atoms with Gasteiger partial charge in [-0.05, 0) is 27.7 Å². The number of hydrogen-bond acceptors (Lipinski definition) is 12. The molecule has 0 heterocycles. The number of carbonyl (C=O) groups is 4. The third-order valence-electron chi connectivity index (χ3n) is 2.97. The summed E-state index contributed by atoms with van der Waals surface area (Å²) in [4.78, 5) is 45.8. The molecule has 0 bridgehead atoms. The summed E-state index contributed by atoms with van der Waals surface area (Å²) in [6.45, 7) is 4.89. The van der Waals surface area contributed by atoms with Crippen LogP contribution in [0.3, 0.4) is 0 Å². The molecule has 0 fully saturated rings. The van der Waals surface area contributed by atoms with Crippen LogP contribution in [0.2, 0.25) is 0 Å². The van der Waals surface area contributed by atoms with Gasteiger partial charge >= 0.3 is 24.2 Å². The predicted octanol–water partition coefficient (Wildman–Crippen LogP) is 0.698. The molecule has 0 aliphatic rings. The number of aliphatic hydroxyl groups excluding tert-OH is 2. The highest BCUT2D eigenvalue weighted by Gasteiger charge is 2.17. The van der Waals surface area contributed by atoms with E-state index in [1.165, 1.54) is 27.7 Å². The fraction of sp³-hybridized carbons (Fsp3) is 0.778. The van der Waals surface area contributed by atoms with Crippen LogP contribution < -0.4 is 0 Å². The van der Waals surface area contributed by atoms with Crippen LogP contribution in [-0.2, 0) is 38.0 Å². The third kappa shape index (κ3) is 16.4. The largest absolute Gasteiger partial charge is 0.508 e. The molecule has 0 aromatic heterocycles. The van der Waals surface area contributed by atoms with Gasteiger partial charge in [-0.25, -0.2) is 9.59 Å². The molecule has 12 heteroatoms. The molecule has 12 nitrogen and oxygen atoms in total. The molecular weight excluding hydrogens is 408 g/mol. The van der Waals surface area contributed by atoms with Crippen LogP contribution >= 0.6 is 0 Å². The van der Waals surface area contributed by atoms with Crippen molar-refractivity contribution in [1.82, 2.24) is 0 Å². The number of rotatable bonds is 13. The van der Waals surface area contributed by atoms with Gasteiger partial charge in [0.15, 0.2) is 0 Å². The second-order valence-electron chi connectivity index (χ2n) is 6.54. The van der Waals surface area contributed by atoms with Gasteiger partial charge in [0.1, 0.15) is 38.6 Å². The molecule has 174 valence electrons. The van der Waals surface area contributed by atoms with Gasteiger partial charge in [0.25, 0.3) is 0 Å². The lowest BCUT2D eigenvalue weighted by atomic mass is 10.3. The second-order valence-corrected chi connectivity index (χ2v) is 6.54. The van der Waals surface area contributed by atoms with E-state index in [1.807, 2.05) is 0 Å². The van der Waals surface area contributed by atoms with E-state index in [4.69, 9.17) is 29.2 Å². The van der Waals surface area contributed by atoms with Crippen LogP contribution in [0.1, 0.15) is 40.5 Å². The zero-order chi connectivity index (χ0) is 23.1. The third-order valence-corrected chi connectivity index (χ3v) is 2.97. The molecule has 4 atom stereocenters. The molecule has 30 heavy (non-hydrogen) atoms. The summed E-state index contributed by atoms with van der Waals surface area (Å²) in [6, 6.07) is 0. The molecule has 0 saturated carbocycles. The number of hydrogen-bond donors (Lipinski definition) is 2. The Morgan fingerprint density at radius 3 is 1.23 bits per heavy atom. The van der Waals surface area contributed by atoms with E-state index >= 15 is 0 Å². The van der Waals surface area contributed by atoms with E-state index in [-0.39, 0.29) is 39.3 Å². The van der Waals surface area contributed by atoms with Crippen molar-refractivity contribution < 1.29 is 57.8 Å². The highest BCUT2D eigenvalue weighted by atomic mass is 16.7. The predicted molar refractivity (Wildman–Crippen MR) is 98.3 cm³/mol. The Bertz CT molecular complexity index is 497. The van der Waals surface area contributed by atoms with Crippen molar-refractivity contribution in [2.75, 3.05) is 26.4 Å². The van der Waals surface area contributed by atoms with E-state index in [1.54, 1.807) is 0 Å². The first-order valence-corrected chi connectivity index (χ1v) is 9.33. The maximum Gasteiger partial charge on any atom is 0.508 e. The van der Waals surface area contributed by atoms with E-state index in [0.29, 0.717) is 0 Å². The molecule has 0 spiro atoms. The highest BCUT2D eigenvalue weighted by Crippen LogP contribution is 2.02. The Kier molecular flexibility index (Phi) is 13.9. The van der Waals surface area contributed by atoms with Gasteiger partial charge < -0.3 is 38.6 Å². The number of esters is 2. The molecule has 0 amide bonds. The van der Waals surface area contributed by atoms with Crippen LogP contribution in [0.15, 0.2) is 0 Å². The minimum atomic E-state index is -1.01. The molecule has 0 rings (SSSR count).